The Morgan fingerprint density at radius 1 is 1.25 bits per heavy atom. The Hall–Kier alpha value is -0.410. The Morgan fingerprint density at radius 2 is 2.00 bits per heavy atom. The lowest BCUT2D eigenvalue weighted by atomic mass is 9.80. The molecule has 0 bridgehead atoms. The van der Waals surface area contributed by atoms with E-state index in [1.54, 1.807) is 7.11 Å². The number of benzene rings is 1. The molecule has 1 aliphatic rings. The highest BCUT2D eigenvalue weighted by Crippen LogP contribution is 2.40. The number of hydrogen-bond acceptors (Lipinski definition) is 2. The van der Waals surface area contributed by atoms with Crippen molar-refractivity contribution in [3.05, 3.63) is 22.2 Å². The molecule has 0 aliphatic heterocycles. The van der Waals surface area contributed by atoms with Gasteiger partial charge in [0.2, 0.25) is 0 Å². The Kier molecular flexibility index (Phi) is 5.62. The summed E-state index contributed by atoms with van der Waals surface area (Å²) in [6.07, 6.45) is 3.71. The van der Waals surface area contributed by atoms with Crippen molar-refractivity contribution in [3.63, 3.8) is 0 Å². The van der Waals surface area contributed by atoms with Gasteiger partial charge in [-0.3, -0.25) is 0 Å². The van der Waals surface area contributed by atoms with Crippen molar-refractivity contribution < 1.29 is 9.47 Å². The largest absolute Gasteiger partial charge is 0.493 e. The third kappa shape index (κ3) is 3.62. The zero-order chi connectivity index (χ0) is 14.7. The van der Waals surface area contributed by atoms with Crippen molar-refractivity contribution in [3.8, 4) is 11.5 Å². The van der Waals surface area contributed by atoms with E-state index >= 15 is 0 Å². The normalized spacial score (nSPS) is 26.4. The van der Waals surface area contributed by atoms with E-state index in [-0.39, 0.29) is 6.10 Å². The Labute approximate surface area is 134 Å². The molecule has 2 rings (SSSR count). The van der Waals surface area contributed by atoms with Crippen LogP contribution in [0.2, 0.25) is 0 Å². The summed E-state index contributed by atoms with van der Waals surface area (Å²) in [7, 11) is 1.66. The average molecular weight is 362 g/mol. The second-order valence-corrected chi connectivity index (χ2v) is 6.87. The fraction of sp³-hybridized carbons (Fsp3) is 0.625. The molecule has 3 unspecified atom stereocenters. The van der Waals surface area contributed by atoms with Crippen LogP contribution in [0.3, 0.4) is 0 Å². The molecule has 1 fully saturated rings. The fourth-order valence-corrected chi connectivity index (χ4v) is 3.47. The topological polar surface area (TPSA) is 18.5 Å². The van der Waals surface area contributed by atoms with Crippen LogP contribution >= 0.6 is 27.5 Å². The first-order valence-corrected chi connectivity index (χ1v) is 8.47. The van der Waals surface area contributed by atoms with Crippen LogP contribution in [0.1, 0.15) is 38.7 Å². The number of alkyl halides is 1. The van der Waals surface area contributed by atoms with E-state index in [4.69, 9.17) is 21.1 Å². The van der Waals surface area contributed by atoms with Crippen molar-refractivity contribution >= 4 is 27.5 Å². The van der Waals surface area contributed by atoms with Crippen molar-refractivity contribution in [2.24, 2.45) is 11.8 Å². The second-order valence-electron chi connectivity index (χ2n) is 5.75. The molecule has 0 heterocycles. The quantitative estimate of drug-likeness (QED) is 0.668. The Bertz CT molecular complexity index is 464. The highest BCUT2D eigenvalue weighted by molar-refractivity contribution is 9.10. The van der Waals surface area contributed by atoms with Crippen LogP contribution in [0.5, 0.6) is 11.5 Å². The van der Waals surface area contributed by atoms with Gasteiger partial charge in [-0.05, 0) is 64.7 Å². The molecule has 3 atom stereocenters. The van der Waals surface area contributed by atoms with Gasteiger partial charge in [-0.1, -0.05) is 13.8 Å². The molecule has 0 amide bonds. The van der Waals surface area contributed by atoms with Gasteiger partial charge in [0.25, 0.3) is 0 Å². The third-order valence-corrected chi connectivity index (χ3v) is 5.18. The van der Waals surface area contributed by atoms with Gasteiger partial charge in [0, 0.05) is 5.88 Å². The van der Waals surface area contributed by atoms with Crippen LogP contribution in [0.25, 0.3) is 0 Å². The first kappa shape index (κ1) is 16.0. The molecule has 1 aromatic carbocycles. The fourth-order valence-electron chi connectivity index (χ4n) is 2.74. The molecule has 4 heteroatoms. The number of methoxy groups -OCH3 is 1. The van der Waals surface area contributed by atoms with E-state index in [0.29, 0.717) is 11.8 Å². The number of ether oxygens (including phenoxy) is 2. The Morgan fingerprint density at radius 3 is 2.60 bits per heavy atom. The smallest absolute Gasteiger partial charge is 0.175 e. The summed E-state index contributed by atoms with van der Waals surface area (Å²) >= 11 is 9.46. The highest BCUT2D eigenvalue weighted by Gasteiger charge is 2.27. The van der Waals surface area contributed by atoms with Gasteiger partial charge in [-0.2, -0.15) is 0 Å². The number of halogens is 2. The standard InChI is InChI=1S/C16H22BrClO2/c1-10-4-5-13(6-11(10)2)20-16-14(17)7-12(9-18)8-15(16)19-3/h7-8,10-11,13H,4-6,9H2,1-3H3. The summed E-state index contributed by atoms with van der Waals surface area (Å²) in [5, 5.41) is 0. The molecule has 0 spiro atoms. The maximum atomic E-state index is 6.21. The average Bonchev–Trinajstić information content (AvgIpc) is 2.44. The van der Waals surface area contributed by atoms with Gasteiger partial charge in [-0.25, -0.2) is 0 Å². The maximum Gasteiger partial charge on any atom is 0.175 e. The van der Waals surface area contributed by atoms with Crippen LogP contribution in [-0.4, -0.2) is 13.2 Å². The lowest BCUT2D eigenvalue weighted by Gasteiger charge is -2.32. The molecule has 20 heavy (non-hydrogen) atoms. The van der Waals surface area contributed by atoms with E-state index in [1.807, 2.05) is 12.1 Å². The Balaban J connectivity index is 2.16. The zero-order valence-corrected chi connectivity index (χ0v) is 14.6. The van der Waals surface area contributed by atoms with E-state index in [2.05, 4.69) is 29.8 Å². The monoisotopic (exact) mass is 360 g/mol. The van der Waals surface area contributed by atoms with E-state index in [1.165, 1.54) is 6.42 Å². The number of hydrogen-bond donors (Lipinski definition) is 0. The van der Waals surface area contributed by atoms with Crippen LogP contribution in [0.4, 0.5) is 0 Å². The van der Waals surface area contributed by atoms with E-state index < -0.39 is 0 Å². The van der Waals surface area contributed by atoms with Gasteiger partial charge in [0.05, 0.1) is 17.7 Å². The van der Waals surface area contributed by atoms with Crippen LogP contribution in [0.15, 0.2) is 16.6 Å². The number of rotatable bonds is 4. The van der Waals surface area contributed by atoms with E-state index in [9.17, 15) is 0 Å². The molecule has 1 saturated carbocycles. The van der Waals surface area contributed by atoms with Gasteiger partial charge in [0.15, 0.2) is 11.5 Å². The molecule has 0 radical (unpaired) electrons. The van der Waals surface area contributed by atoms with E-state index in [0.717, 1.165) is 40.3 Å². The minimum atomic E-state index is 0.272. The van der Waals surface area contributed by atoms with Crippen LogP contribution < -0.4 is 9.47 Å². The van der Waals surface area contributed by atoms with Crippen LogP contribution in [0, 0.1) is 11.8 Å². The SMILES string of the molecule is COc1cc(CCl)cc(Br)c1OC1CCC(C)C(C)C1. The van der Waals surface area contributed by atoms with Gasteiger partial charge >= 0.3 is 0 Å². The third-order valence-electron chi connectivity index (χ3n) is 4.28. The zero-order valence-electron chi connectivity index (χ0n) is 12.3. The minimum absolute atomic E-state index is 0.272. The molecular formula is C16H22BrClO2. The molecule has 1 aromatic rings. The van der Waals surface area contributed by atoms with Gasteiger partial charge < -0.3 is 9.47 Å². The summed E-state index contributed by atoms with van der Waals surface area (Å²) in [5.41, 5.74) is 1.02. The van der Waals surface area contributed by atoms with Crippen molar-refractivity contribution in [2.45, 2.75) is 45.1 Å². The highest BCUT2D eigenvalue weighted by atomic mass is 79.9. The van der Waals surface area contributed by atoms with Gasteiger partial charge in [-0.15, -0.1) is 11.6 Å². The first-order valence-electron chi connectivity index (χ1n) is 7.14. The summed E-state index contributed by atoms with van der Waals surface area (Å²) in [6, 6.07) is 3.95. The molecule has 0 N–H and O–H groups in total. The van der Waals surface area contributed by atoms with Gasteiger partial charge in [0.1, 0.15) is 0 Å². The summed E-state index contributed by atoms with van der Waals surface area (Å²) < 4.78 is 12.6. The maximum absolute atomic E-state index is 6.21. The summed E-state index contributed by atoms with van der Waals surface area (Å²) in [4.78, 5) is 0. The van der Waals surface area contributed by atoms with Crippen molar-refractivity contribution in [1.82, 2.24) is 0 Å². The molecule has 1 aliphatic carbocycles. The summed E-state index contributed by atoms with van der Waals surface area (Å²) in [6.45, 7) is 4.63. The molecular weight excluding hydrogens is 340 g/mol. The van der Waals surface area contributed by atoms with Crippen LogP contribution in [-0.2, 0) is 5.88 Å². The predicted octanol–water partition coefficient (Wildman–Crippen LogP) is 5.40. The second kappa shape index (κ2) is 7.04. The lowest BCUT2D eigenvalue weighted by Crippen LogP contribution is -2.29. The molecule has 0 saturated heterocycles. The van der Waals surface area contributed by atoms with Crippen molar-refractivity contribution in [2.75, 3.05) is 7.11 Å². The minimum Gasteiger partial charge on any atom is -0.493 e. The molecule has 2 nitrogen and oxygen atoms in total. The van der Waals surface area contributed by atoms with Crippen molar-refractivity contribution in [1.29, 1.82) is 0 Å². The summed E-state index contributed by atoms with van der Waals surface area (Å²) in [5.74, 6) is 3.52. The molecule has 112 valence electrons. The first-order chi connectivity index (χ1) is 9.55. The lowest BCUT2D eigenvalue weighted by molar-refractivity contribution is 0.0969. The molecule has 0 aromatic heterocycles. The predicted molar refractivity (Wildman–Crippen MR) is 86.8 cm³/mol.